The first-order chi connectivity index (χ1) is 13.6. The predicted octanol–water partition coefficient (Wildman–Crippen LogP) is 1.28. The molecule has 0 atom stereocenters. The molecule has 3 N–H and O–H groups in total. The van der Waals surface area contributed by atoms with Crippen LogP contribution in [0, 0.1) is 6.92 Å². The number of amides is 2. The van der Waals surface area contributed by atoms with E-state index in [4.69, 9.17) is 5.11 Å². The van der Waals surface area contributed by atoms with Crippen LogP contribution in [0.3, 0.4) is 0 Å². The third-order valence-electron chi connectivity index (χ3n) is 4.82. The van der Waals surface area contributed by atoms with E-state index in [-0.39, 0.29) is 42.5 Å². The van der Waals surface area contributed by atoms with Crippen LogP contribution in [-0.4, -0.2) is 70.6 Å². The number of carbonyl (C=O) groups excluding carboxylic acids is 1. The zero-order chi connectivity index (χ0) is 21.3. The van der Waals surface area contributed by atoms with E-state index in [1.165, 1.54) is 33.1 Å². The molecule has 10 nitrogen and oxygen atoms in total. The van der Waals surface area contributed by atoms with Crippen LogP contribution in [0.1, 0.15) is 16.1 Å². The van der Waals surface area contributed by atoms with Gasteiger partial charge in [0, 0.05) is 51.2 Å². The number of sulfonamides is 1. The number of carboxylic acids is 1. The van der Waals surface area contributed by atoms with Crippen LogP contribution in [0.25, 0.3) is 0 Å². The highest BCUT2D eigenvalue weighted by Crippen LogP contribution is 2.22. The van der Waals surface area contributed by atoms with Crippen molar-refractivity contribution >= 4 is 27.7 Å². The molecule has 156 valence electrons. The highest BCUT2D eigenvalue weighted by Gasteiger charge is 2.31. The molecule has 0 bridgehead atoms. The second-order valence-corrected chi connectivity index (χ2v) is 8.74. The predicted molar refractivity (Wildman–Crippen MR) is 105 cm³/mol. The van der Waals surface area contributed by atoms with Crippen molar-refractivity contribution in [3.8, 4) is 5.75 Å². The first-order valence-electron chi connectivity index (χ1n) is 8.85. The highest BCUT2D eigenvalue weighted by molar-refractivity contribution is 7.89. The summed E-state index contributed by atoms with van der Waals surface area (Å²) >= 11 is 0. The SMILES string of the molecule is Cc1ccc(NC(=O)N2CCN(S(=O)(=O)c3cc(C(=O)O)n(C)c3)CC2)cc1O. The standard InChI is InChI=1S/C18H22N4O6S/c1-12-3-4-13(9-16(12)23)19-18(26)21-5-7-22(8-6-21)29(27,28)14-10-15(17(24)25)20(2)11-14/h3-4,9-11,23H,5-8H2,1-2H3,(H,19,26)(H,24,25). The number of aromatic hydroxyl groups is 1. The number of hydrogen-bond acceptors (Lipinski definition) is 5. The molecular formula is C18H22N4O6S. The zero-order valence-corrected chi connectivity index (χ0v) is 16.8. The molecule has 0 unspecified atom stereocenters. The van der Waals surface area contributed by atoms with Crippen LogP contribution in [0.2, 0.25) is 0 Å². The summed E-state index contributed by atoms with van der Waals surface area (Å²) in [7, 11) is -2.39. The fraction of sp³-hybridized carbons (Fsp3) is 0.333. The monoisotopic (exact) mass is 422 g/mol. The average Bonchev–Trinajstić information content (AvgIpc) is 3.07. The highest BCUT2D eigenvalue weighted by atomic mass is 32.2. The van der Waals surface area contributed by atoms with Crippen molar-refractivity contribution < 1.29 is 28.2 Å². The second kappa shape index (κ2) is 7.76. The lowest BCUT2D eigenvalue weighted by molar-refractivity contribution is 0.0686. The molecule has 2 amide bonds. The number of urea groups is 1. The number of rotatable bonds is 4. The third kappa shape index (κ3) is 4.20. The number of benzene rings is 1. The molecule has 1 aliphatic rings. The van der Waals surface area contributed by atoms with E-state index >= 15 is 0 Å². The molecule has 0 saturated carbocycles. The molecule has 1 aromatic heterocycles. The van der Waals surface area contributed by atoms with E-state index in [1.54, 1.807) is 19.1 Å². The number of carbonyl (C=O) groups is 2. The Hall–Kier alpha value is -3.05. The molecule has 1 aliphatic heterocycles. The molecule has 0 aliphatic carbocycles. The van der Waals surface area contributed by atoms with E-state index in [2.05, 4.69) is 5.32 Å². The summed E-state index contributed by atoms with van der Waals surface area (Å²) in [5.74, 6) is -1.14. The minimum atomic E-state index is -3.86. The number of nitrogens with zero attached hydrogens (tertiary/aromatic N) is 3. The van der Waals surface area contributed by atoms with Crippen molar-refractivity contribution in [2.45, 2.75) is 11.8 Å². The molecule has 3 rings (SSSR count). The Kier molecular flexibility index (Phi) is 5.53. The number of carboxylic acid groups (broad SMARTS) is 1. The Morgan fingerprint density at radius 2 is 1.76 bits per heavy atom. The van der Waals surface area contributed by atoms with Crippen LogP contribution in [0.5, 0.6) is 5.75 Å². The number of anilines is 1. The van der Waals surface area contributed by atoms with Gasteiger partial charge in [0.15, 0.2) is 0 Å². The van der Waals surface area contributed by atoms with Gasteiger partial charge in [-0.05, 0) is 24.6 Å². The van der Waals surface area contributed by atoms with Gasteiger partial charge in [-0.25, -0.2) is 18.0 Å². The van der Waals surface area contributed by atoms with Crippen molar-refractivity contribution in [3.05, 3.63) is 41.7 Å². The second-order valence-electron chi connectivity index (χ2n) is 6.80. The molecule has 0 radical (unpaired) electrons. The minimum absolute atomic E-state index is 0.0716. The van der Waals surface area contributed by atoms with Crippen LogP contribution < -0.4 is 5.32 Å². The Labute approximate surface area is 168 Å². The summed E-state index contributed by atoms with van der Waals surface area (Å²) in [4.78, 5) is 25.0. The van der Waals surface area contributed by atoms with E-state index in [0.717, 1.165) is 6.07 Å². The van der Waals surface area contributed by atoms with Crippen LogP contribution in [0.4, 0.5) is 10.5 Å². The summed E-state index contributed by atoms with van der Waals surface area (Å²) < 4.78 is 28.0. The lowest BCUT2D eigenvalue weighted by atomic mass is 10.2. The van der Waals surface area contributed by atoms with E-state index in [9.17, 15) is 23.1 Å². The average molecular weight is 422 g/mol. The maximum atomic E-state index is 12.8. The molecule has 1 fully saturated rings. The fourth-order valence-electron chi connectivity index (χ4n) is 3.06. The van der Waals surface area contributed by atoms with Crippen molar-refractivity contribution in [1.29, 1.82) is 0 Å². The van der Waals surface area contributed by atoms with Gasteiger partial charge >= 0.3 is 12.0 Å². The van der Waals surface area contributed by atoms with E-state index in [1.807, 2.05) is 0 Å². The first kappa shape index (κ1) is 20.7. The molecule has 2 heterocycles. The number of phenols is 1. The van der Waals surface area contributed by atoms with E-state index in [0.29, 0.717) is 11.3 Å². The van der Waals surface area contributed by atoms with Crippen molar-refractivity contribution in [2.75, 3.05) is 31.5 Å². The van der Waals surface area contributed by atoms with Gasteiger partial charge in [0.05, 0.1) is 0 Å². The van der Waals surface area contributed by atoms with Crippen molar-refractivity contribution in [1.82, 2.24) is 13.8 Å². The Bertz CT molecular complexity index is 1050. The largest absolute Gasteiger partial charge is 0.508 e. The normalized spacial score (nSPS) is 15.3. The van der Waals surface area contributed by atoms with Gasteiger partial charge in [-0.15, -0.1) is 0 Å². The number of aromatic carboxylic acids is 1. The summed E-state index contributed by atoms with van der Waals surface area (Å²) in [6, 6.07) is 5.53. The Morgan fingerprint density at radius 3 is 2.31 bits per heavy atom. The lowest BCUT2D eigenvalue weighted by Gasteiger charge is -2.33. The smallest absolute Gasteiger partial charge is 0.352 e. The van der Waals surface area contributed by atoms with Gasteiger partial charge in [-0.1, -0.05) is 6.07 Å². The minimum Gasteiger partial charge on any atom is -0.508 e. The lowest BCUT2D eigenvalue weighted by Crippen LogP contribution is -2.51. The Balaban J connectivity index is 1.64. The first-order valence-corrected chi connectivity index (χ1v) is 10.3. The summed E-state index contributed by atoms with van der Waals surface area (Å²) in [5.41, 5.74) is 1.01. The number of nitrogens with one attached hydrogen (secondary N) is 1. The maximum Gasteiger partial charge on any atom is 0.352 e. The van der Waals surface area contributed by atoms with E-state index < -0.39 is 22.0 Å². The quantitative estimate of drug-likeness (QED) is 0.680. The van der Waals surface area contributed by atoms with Gasteiger partial charge in [0.2, 0.25) is 10.0 Å². The summed E-state index contributed by atoms with van der Waals surface area (Å²) in [6.07, 6.45) is 1.27. The number of aromatic nitrogens is 1. The fourth-order valence-corrected chi connectivity index (χ4v) is 4.55. The van der Waals surface area contributed by atoms with Crippen LogP contribution >= 0.6 is 0 Å². The van der Waals surface area contributed by atoms with Crippen molar-refractivity contribution in [2.24, 2.45) is 7.05 Å². The van der Waals surface area contributed by atoms with Crippen LogP contribution in [-0.2, 0) is 17.1 Å². The maximum absolute atomic E-state index is 12.8. The molecule has 11 heteroatoms. The zero-order valence-electron chi connectivity index (χ0n) is 16.0. The van der Waals surface area contributed by atoms with Gasteiger partial charge < -0.3 is 25.0 Å². The summed E-state index contributed by atoms with van der Waals surface area (Å²) in [6.45, 7) is 2.29. The molecular weight excluding hydrogens is 400 g/mol. The van der Waals surface area contributed by atoms with Crippen LogP contribution in [0.15, 0.2) is 35.4 Å². The third-order valence-corrected chi connectivity index (χ3v) is 6.69. The number of aryl methyl sites for hydroxylation is 2. The number of piperazine rings is 1. The molecule has 1 saturated heterocycles. The van der Waals surface area contributed by atoms with Gasteiger partial charge in [0.25, 0.3) is 0 Å². The molecule has 2 aromatic rings. The molecule has 0 spiro atoms. The van der Waals surface area contributed by atoms with Gasteiger partial charge in [-0.2, -0.15) is 4.31 Å². The summed E-state index contributed by atoms with van der Waals surface area (Å²) in [5, 5.41) is 21.5. The number of hydrogen-bond donors (Lipinski definition) is 3. The molecule has 29 heavy (non-hydrogen) atoms. The number of phenolic OH excluding ortho intramolecular Hbond substituents is 1. The van der Waals surface area contributed by atoms with Crippen molar-refractivity contribution in [3.63, 3.8) is 0 Å². The van der Waals surface area contributed by atoms with Gasteiger partial charge in [0.1, 0.15) is 16.3 Å². The van der Waals surface area contributed by atoms with Gasteiger partial charge in [-0.3, -0.25) is 0 Å². The molecule has 1 aromatic carbocycles. The Morgan fingerprint density at radius 1 is 1.10 bits per heavy atom. The topological polar surface area (TPSA) is 132 Å².